The molecule has 0 fully saturated rings. The van der Waals surface area contributed by atoms with Gasteiger partial charge in [0.15, 0.2) is 0 Å². The highest BCUT2D eigenvalue weighted by molar-refractivity contribution is 7.85. The van der Waals surface area contributed by atoms with E-state index in [0.29, 0.717) is 13.0 Å². The molecule has 0 aliphatic rings. The van der Waals surface area contributed by atoms with Gasteiger partial charge in [-0.05, 0) is 55.7 Å². The topological polar surface area (TPSA) is 78.9 Å². The van der Waals surface area contributed by atoms with Crippen LogP contribution < -0.4 is 4.74 Å². The van der Waals surface area contributed by atoms with Gasteiger partial charge in [0, 0.05) is 6.42 Å². The molecule has 0 aromatic heterocycles. The minimum atomic E-state index is -3.33. The largest absolute Gasteiger partial charge is 0.493 e. The zero-order valence-electron chi connectivity index (χ0n) is 19.5. The summed E-state index contributed by atoms with van der Waals surface area (Å²) in [4.78, 5) is 11.1. The molecule has 0 saturated carbocycles. The number of aryl methyl sites for hydroxylation is 1. The van der Waals surface area contributed by atoms with Crippen LogP contribution in [-0.2, 0) is 36.7 Å². The molecule has 0 spiro atoms. The fourth-order valence-corrected chi connectivity index (χ4v) is 3.93. The Kier molecular flexibility index (Phi) is 14.2. The molecule has 0 aliphatic carbocycles. The van der Waals surface area contributed by atoms with Crippen molar-refractivity contribution in [2.24, 2.45) is 0 Å². The number of carbonyl (C=O) groups is 1. The maximum atomic E-state index is 11.1. The summed E-state index contributed by atoms with van der Waals surface area (Å²) in [6, 6.07) is 6.33. The van der Waals surface area contributed by atoms with Crippen molar-refractivity contribution >= 4 is 16.1 Å². The van der Waals surface area contributed by atoms with Gasteiger partial charge in [-0.15, -0.1) is 0 Å². The molecule has 0 unspecified atom stereocenters. The van der Waals surface area contributed by atoms with Crippen LogP contribution in [0.15, 0.2) is 18.2 Å². The van der Waals surface area contributed by atoms with E-state index in [4.69, 9.17) is 8.92 Å². The molecule has 0 N–H and O–H groups in total. The second-order valence-electron chi connectivity index (χ2n) is 7.92. The third kappa shape index (κ3) is 13.4. The molecule has 6 nitrogen and oxygen atoms in total. The summed E-state index contributed by atoms with van der Waals surface area (Å²) in [5.74, 6) is 0.856. The molecule has 1 rings (SSSR count). The Morgan fingerprint density at radius 2 is 1.58 bits per heavy atom. The standard InChI is InChI=1S/C24H40O6S/c1-4-14-22-21(15-9-5-8-12-20-30-31(3,26)27)16-13-17-23(22)29-19-11-7-6-10-18-24(25)28-2/h13,16-17H,4-12,14-15,18-20H2,1-3H3. The van der Waals surface area contributed by atoms with E-state index in [0.717, 1.165) is 82.6 Å². The minimum Gasteiger partial charge on any atom is -0.493 e. The summed E-state index contributed by atoms with van der Waals surface area (Å²) in [5, 5.41) is 0. The third-order valence-electron chi connectivity index (χ3n) is 5.13. The van der Waals surface area contributed by atoms with Gasteiger partial charge in [-0.3, -0.25) is 8.98 Å². The maximum Gasteiger partial charge on any atom is 0.305 e. The van der Waals surface area contributed by atoms with Gasteiger partial charge in [-0.25, -0.2) is 0 Å². The molecule has 0 saturated heterocycles. The van der Waals surface area contributed by atoms with Crippen LogP contribution in [0.5, 0.6) is 5.75 Å². The number of esters is 1. The molecule has 0 radical (unpaired) electrons. The van der Waals surface area contributed by atoms with Crippen molar-refractivity contribution in [1.29, 1.82) is 0 Å². The van der Waals surface area contributed by atoms with Crippen molar-refractivity contribution in [1.82, 2.24) is 0 Å². The quantitative estimate of drug-likeness (QED) is 0.171. The summed E-state index contributed by atoms with van der Waals surface area (Å²) in [7, 11) is -1.90. The van der Waals surface area contributed by atoms with E-state index < -0.39 is 10.1 Å². The van der Waals surface area contributed by atoms with E-state index in [9.17, 15) is 13.2 Å². The minimum absolute atomic E-state index is 0.139. The second kappa shape index (κ2) is 16.1. The molecule has 0 aliphatic heterocycles. The first-order chi connectivity index (χ1) is 14.9. The number of hydrogen-bond donors (Lipinski definition) is 0. The lowest BCUT2D eigenvalue weighted by molar-refractivity contribution is -0.140. The van der Waals surface area contributed by atoms with Gasteiger partial charge in [0.1, 0.15) is 5.75 Å². The third-order valence-corrected chi connectivity index (χ3v) is 5.72. The van der Waals surface area contributed by atoms with Crippen LogP contribution in [0.3, 0.4) is 0 Å². The highest BCUT2D eigenvalue weighted by Crippen LogP contribution is 2.26. The second-order valence-corrected chi connectivity index (χ2v) is 9.57. The van der Waals surface area contributed by atoms with Gasteiger partial charge in [-0.2, -0.15) is 8.42 Å². The number of hydrogen-bond acceptors (Lipinski definition) is 6. The van der Waals surface area contributed by atoms with E-state index in [1.807, 2.05) is 0 Å². The first-order valence-corrected chi connectivity index (χ1v) is 13.3. The van der Waals surface area contributed by atoms with E-state index in [-0.39, 0.29) is 12.6 Å². The summed E-state index contributed by atoms with van der Waals surface area (Å²) in [6.07, 6.45) is 12.4. The lowest BCUT2D eigenvalue weighted by Gasteiger charge is -2.15. The Morgan fingerprint density at radius 3 is 2.26 bits per heavy atom. The molecule has 7 heteroatoms. The Labute approximate surface area is 188 Å². The SMILES string of the molecule is CCCc1c(CCCCCCOS(C)(=O)=O)cccc1OCCCCCCC(=O)OC. The Bertz CT molecular complexity index is 730. The van der Waals surface area contributed by atoms with Crippen LogP contribution in [0, 0.1) is 0 Å². The van der Waals surface area contributed by atoms with Gasteiger partial charge in [0.2, 0.25) is 0 Å². The van der Waals surface area contributed by atoms with Crippen LogP contribution in [0.2, 0.25) is 0 Å². The van der Waals surface area contributed by atoms with E-state index in [2.05, 4.69) is 29.9 Å². The number of ether oxygens (including phenoxy) is 2. The molecule has 31 heavy (non-hydrogen) atoms. The van der Waals surface area contributed by atoms with Crippen molar-refractivity contribution in [2.45, 2.75) is 84.0 Å². The highest BCUT2D eigenvalue weighted by Gasteiger charge is 2.09. The van der Waals surface area contributed by atoms with Crippen molar-refractivity contribution in [3.05, 3.63) is 29.3 Å². The van der Waals surface area contributed by atoms with Crippen LogP contribution in [0.4, 0.5) is 0 Å². The smallest absolute Gasteiger partial charge is 0.305 e. The molecular formula is C24H40O6S. The van der Waals surface area contributed by atoms with Crippen molar-refractivity contribution < 1.29 is 26.9 Å². The zero-order valence-corrected chi connectivity index (χ0v) is 20.3. The molecule has 0 heterocycles. The van der Waals surface area contributed by atoms with Crippen LogP contribution in [0.1, 0.15) is 82.3 Å². The first-order valence-electron chi connectivity index (χ1n) is 11.5. The number of benzene rings is 1. The van der Waals surface area contributed by atoms with Gasteiger partial charge in [-0.1, -0.05) is 51.2 Å². The molecular weight excluding hydrogens is 416 g/mol. The Morgan fingerprint density at radius 1 is 0.903 bits per heavy atom. The molecule has 1 aromatic carbocycles. The average Bonchev–Trinajstić information content (AvgIpc) is 2.73. The van der Waals surface area contributed by atoms with Crippen LogP contribution in [0.25, 0.3) is 0 Å². The van der Waals surface area contributed by atoms with Crippen molar-refractivity contribution in [3.63, 3.8) is 0 Å². The summed E-state index contributed by atoms with van der Waals surface area (Å²) in [5.41, 5.74) is 2.67. The number of methoxy groups -OCH3 is 1. The average molecular weight is 457 g/mol. The van der Waals surface area contributed by atoms with E-state index in [1.165, 1.54) is 18.2 Å². The molecule has 0 amide bonds. The molecule has 1 aromatic rings. The fourth-order valence-electron chi connectivity index (χ4n) is 3.50. The van der Waals surface area contributed by atoms with E-state index >= 15 is 0 Å². The monoisotopic (exact) mass is 456 g/mol. The van der Waals surface area contributed by atoms with Crippen molar-refractivity contribution in [2.75, 3.05) is 26.6 Å². The van der Waals surface area contributed by atoms with Crippen molar-refractivity contribution in [3.8, 4) is 5.75 Å². The molecule has 178 valence electrons. The number of rotatable bonds is 18. The summed E-state index contributed by atoms with van der Waals surface area (Å²) >= 11 is 0. The Balaban J connectivity index is 2.37. The summed E-state index contributed by atoms with van der Waals surface area (Å²) in [6.45, 7) is 3.15. The van der Waals surface area contributed by atoms with E-state index in [1.54, 1.807) is 0 Å². The zero-order chi connectivity index (χ0) is 23.0. The predicted octanol–water partition coefficient (Wildman–Crippen LogP) is 5.22. The predicted molar refractivity (Wildman–Crippen MR) is 124 cm³/mol. The van der Waals surface area contributed by atoms with Gasteiger partial charge >= 0.3 is 5.97 Å². The molecule has 0 bridgehead atoms. The number of unbranched alkanes of at least 4 members (excludes halogenated alkanes) is 6. The molecule has 0 atom stereocenters. The fraction of sp³-hybridized carbons (Fsp3) is 0.708. The first kappa shape index (κ1) is 27.4. The van der Waals surface area contributed by atoms with Crippen LogP contribution >= 0.6 is 0 Å². The maximum absolute atomic E-state index is 11.1. The Hall–Kier alpha value is -1.60. The summed E-state index contributed by atoms with van der Waals surface area (Å²) < 4.78 is 37.5. The van der Waals surface area contributed by atoms with Crippen LogP contribution in [-0.4, -0.2) is 41.0 Å². The highest BCUT2D eigenvalue weighted by atomic mass is 32.2. The van der Waals surface area contributed by atoms with Gasteiger partial charge in [0.05, 0.1) is 26.6 Å². The lowest BCUT2D eigenvalue weighted by Crippen LogP contribution is -2.04. The number of carbonyl (C=O) groups excluding carboxylic acids is 1. The van der Waals surface area contributed by atoms with Gasteiger partial charge < -0.3 is 9.47 Å². The normalized spacial score (nSPS) is 11.5. The lowest BCUT2D eigenvalue weighted by atomic mass is 9.97. The van der Waals surface area contributed by atoms with Gasteiger partial charge in [0.25, 0.3) is 10.1 Å².